The minimum absolute atomic E-state index is 0.323. The summed E-state index contributed by atoms with van der Waals surface area (Å²) in [6.45, 7) is 1.78. The first kappa shape index (κ1) is 10.9. The lowest BCUT2D eigenvalue weighted by molar-refractivity contribution is 0.215. The van der Waals surface area contributed by atoms with Crippen LogP contribution in [0.15, 0.2) is 11.6 Å². The molecule has 3 nitrogen and oxygen atoms in total. The highest BCUT2D eigenvalue weighted by Crippen LogP contribution is 2.35. The minimum atomic E-state index is 0.323. The van der Waals surface area contributed by atoms with Crippen LogP contribution in [0.4, 0.5) is 5.13 Å². The van der Waals surface area contributed by atoms with Crippen LogP contribution >= 0.6 is 11.3 Å². The number of nitrogens with zero attached hydrogens (tertiary/aromatic N) is 1. The molecule has 1 fully saturated rings. The lowest BCUT2D eigenvalue weighted by atomic mass is 9.74. The van der Waals surface area contributed by atoms with Crippen molar-refractivity contribution in [2.45, 2.75) is 32.1 Å². The average Bonchev–Trinajstić information content (AvgIpc) is 2.81. The summed E-state index contributed by atoms with van der Waals surface area (Å²) in [4.78, 5) is 4.23. The third-order valence-electron chi connectivity index (χ3n) is 3.39. The molecule has 84 valence electrons. The van der Waals surface area contributed by atoms with Gasteiger partial charge in [-0.3, -0.25) is 0 Å². The van der Waals surface area contributed by atoms with Gasteiger partial charge in [0.1, 0.15) is 0 Å². The van der Waals surface area contributed by atoms with Gasteiger partial charge in [-0.2, -0.15) is 0 Å². The second-order valence-electron chi connectivity index (χ2n) is 4.46. The predicted octanol–water partition coefficient (Wildman–Crippen LogP) is 2.46. The molecule has 1 aromatic rings. The van der Waals surface area contributed by atoms with Crippen LogP contribution in [0.25, 0.3) is 0 Å². The molecule has 0 aromatic carbocycles. The number of aromatic nitrogens is 1. The fourth-order valence-corrected chi connectivity index (χ4v) is 2.86. The van der Waals surface area contributed by atoms with Crippen molar-refractivity contribution >= 4 is 16.5 Å². The van der Waals surface area contributed by atoms with Crippen molar-refractivity contribution in [2.24, 2.45) is 11.1 Å². The van der Waals surface area contributed by atoms with Gasteiger partial charge in [-0.05, 0) is 24.8 Å². The van der Waals surface area contributed by atoms with Crippen LogP contribution < -0.4 is 11.1 Å². The molecule has 0 aliphatic heterocycles. The molecule has 1 aliphatic carbocycles. The monoisotopic (exact) mass is 225 g/mol. The van der Waals surface area contributed by atoms with E-state index in [4.69, 9.17) is 5.73 Å². The Kier molecular flexibility index (Phi) is 3.59. The van der Waals surface area contributed by atoms with Crippen molar-refractivity contribution in [3.63, 3.8) is 0 Å². The molecule has 4 heteroatoms. The molecule has 0 atom stereocenters. The zero-order valence-corrected chi connectivity index (χ0v) is 9.85. The van der Waals surface area contributed by atoms with Gasteiger partial charge in [0.2, 0.25) is 0 Å². The molecule has 1 aromatic heterocycles. The van der Waals surface area contributed by atoms with Gasteiger partial charge in [-0.25, -0.2) is 4.98 Å². The topological polar surface area (TPSA) is 50.9 Å². The molecule has 3 N–H and O–H groups in total. The summed E-state index contributed by atoms with van der Waals surface area (Å²) in [7, 11) is 0. The van der Waals surface area contributed by atoms with E-state index in [0.717, 1.165) is 18.2 Å². The Labute approximate surface area is 95.1 Å². The lowest BCUT2D eigenvalue weighted by Gasteiger charge is -2.36. The molecule has 1 saturated carbocycles. The van der Waals surface area contributed by atoms with E-state index in [2.05, 4.69) is 10.3 Å². The number of hydrogen-bond acceptors (Lipinski definition) is 4. The second-order valence-corrected chi connectivity index (χ2v) is 5.35. The predicted molar refractivity (Wildman–Crippen MR) is 65.2 cm³/mol. The van der Waals surface area contributed by atoms with Gasteiger partial charge >= 0.3 is 0 Å². The highest BCUT2D eigenvalue weighted by molar-refractivity contribution is 7.13. The van der Waals surface area contributed by atoms with E-state index in [0.29, 0.717) is 5.41 Å². The van der Waals surface area contributed by atoms with E-state index in [9.17, 15) is 0 Å². The van der Waals surface area contributed by atoms with Gasteiger partial charge in [-0.1, -0.05) is 19.3 Å². The van der Waals surface area contributed by atoms with Crippen LogP contribution in [0.1, 0.15) is 32.1 Å². The third-order valence-corrected chi connectivity index (χ3v) is 4.12. The number of hydrogen-bond donors (Lipinski definition) is 2. The van der Waals surface area contributed by atoms with Crippen molar-refractivity contribution in [3.8, 4) is 0 Å². The van der Waals surface area contributed by atoms with Gasteiger partial charge in [0.05, 0.1) is 0 Å². The zero-order valence-electron chi connectivity index (χ0n) is 9.04. The van der Waals surface area contributed by atoms with Crippen LogP contribution in [0.3, 0.4) is 0 Å². The van der Waals surface area contributed by atoms with Crippen molar-refractivity contribution in [1.29, 1.82) is 0 Å². The number of rotatable bonds is 4. The van der Waals surface area contributed by atoms with Gasteiger partial charge in [0.25, 0.3) is 0 Å². The maximum Gasteiger partial charge on any atom is 0.182 e. The van der Waals surface area contributed by atoms with Gasteiger partial charge in [0, 0.05) is 18.1 Å². The Morgan fingerprint density at radius 1 is 1.40 bits per heavy atom. The molecular weight excluding hydrogens is 206 g/mol. The van der Waals surface area contributed by atoms with Crippen molar-refractivity contribution in [2.75, 3.05) is 18.4 Å². The molecule has 0 bridgehead atoms. The number of thiazole rings is 1. The van der Waals surface area contributed by atoms with Gasteiger partial charge in [0.15, 0.2) is 5.13 Å². The molecule has 0 spiro atoms. The summed E-state index contributed by atoms with van der Waals surface area (Å²) < 4.78 is 0. The Balaban J connectivity index is 1.89. The standard InChI is InChI=1S/C11H19N3S/c12-8-11(4-2-1-3-5-11)9-14-10-13-6-7-15-10/h6-7H,1-5,8-9,12H2,(H,13,14). The van der Waals surface area contributed by atoms with E-state index in [-0.39, 0.29) is 0 Å². The number of nitrogens with two attached hydrogens (primary N) is 1. The van der Waals surface area contributed by atoms with Crippen LogP contribution in [0.2, 0.25) is 0 Å². The number of nitrogens with one attached hydrogen (secondary N) is 1. The summed E-state index contributed by atoms with van der Waals surface area (Å²) in [6, 6.07) is 0. The first-order chi connectivity index (χ1) is 7.35. The summed E-state index contributed by atoms with van der Waals surface area (Å²) in [5.74, 6) is 0. The fourth-order valence-electron chi connectivity index (χ4n) is 2.33. The minimum Gasteiger partial charge on any atom is -0.361 e. The summed E-state index contributed by atoms with van der Waals surface area (Å²) in [5.41, 5.74) is 6.24. The van der Waals surface area contributed by atoms with E-state index in [1.54, 1.807) is 11.3 Å². The first-order valence-electron chi connectivity index (χ1n) is 5.68. The smallest absolute Gasteiger partial charge is 0.182 e. The normalized spacial score (nSPS) is 20.1. The molecule has 2 rings (SSSR count). The molecule has 1 aliphatic rings. The zero-order chi connectivity index (χ0) is 10.6. The molecule has 15 heavy (non-hydrogen) atoms. The van der Waals surface area contributed by atoms with Gasteiger partial charge < -0.3 is 11.1 Å². The van der Waals surface area contributed by atoms with E-state index in [1.165, 1.54) is 32.1 Å². The summed E-state index contributed by atoms with van der Waals surface area (Å²) >= 11 is 1.66. The molecule has 0 saturated heterocycles. The molecule has 0 amide bonds. The Morgan fingerprint density at radius 3 is 2.80 bits per heavy atom. The van der Waals surface area contributed by atoms with Crippen molar-refractivity contribution in [3.05, 3.63) is 11.6 Å². The van der Waals surface area contributed by atoms with Crippen LogP contribution in [0.5, 0.6) is 0 Å². The third kappa shape index (κ3) is 2.69. The van der Waals surface area contributed by atoms with E-state index in [1.807, 2.05) is 11.6 Å². The first-order valence-corrected chi connectivity index (χ1v) is 6.56. The Bertz CT molecular complexity index is 278. The highest BCUT2D eigenvalue weighted by Gasteiger charge is 2.30. The molecular formula is C11H19N3S. The van der Waals surface area contributed by atoms with E-state index < -0.39 is 0 Å². The van der Waals surface area contributed by atoms with Crippen LogP contribution in [0, 0.1) is 5.41 Å². The number of anilines is 1. The molecule has 0 radical (unpaired) electrons. The molecule has 1 heterocycles. The largest absolute Gasteiger partial charge is 0.361 e. The highest BCUT2D eigenvalue weighted by atomic mass is 32.1. The molecule has 0 unspecified atom stereocenters. The van der Waals surface area contributed by atoms with E-state index >= 15 is 0 Å². The lowest BCUT2D eigenvalue weighted by Crippen LogP contribution is -2.39. The summed E-state index contributed by atoms with van der Waals surface area (Å²) in [5, 5.41) is 6.43. The average molecular weight is 225 g/mol. The van der Waals surface area contributed by atoms with Crippen molar-refractivity contribution in [1.82, 2.24) is 4.98 Å². The second kappa shape index (κ2) is 4.94. The quantitative estimate of drug-likeness (QED) is 0.827. The maximum atomic E-state index is 5.92. The SMILES string of the molecule is NCC1(CNc2nccs2)CCCCC1. The fraction of sp³-hybridized carbons (Fsp3) is 0.727. The van der Waals surface area contributed by atoms with Crippen LogP contribution in [-0.4, -0.2) is 18.1 Å². The summed E-state index contributed by atoms with van der Waals surface area (Å²) in [6.07, 6.45) is 8.40. The van der Waals surface area contributed by atoms with Gasteiger partial charge in [-0.15, -0.1) is 11.3 Å². The van der Waals surface area contributed by atoms with Crippen LogP contribution in [-0.2, 0) is 0 Å². The Morgan fingerprint density at radius 2 is 2.20 bits per heavy atom. The maximum absolute atomic E-state index is 5.92. The van der Waals surface area contributed by atoms with Crippen molar-refractivity contribution < 1.29 is 0 Å². The Hall–Kier alpha value is -0.610.